The molecule has 792 valence electrons. The van der Waals surface area contributed by atoms with Crippen molar-refractivity contribution in [3.63, 3.8) is 0 Å². The molecule has 0 saturated carbocycles. The number of nitrogens with zero attached hydrogens (tertiary/aromatic N) is 6. The lowest BCUT2D eigenvalue weighted by atomic mass is 9.75. The van der Waals surface area contributed by atoms with E-state index in [2.05, 4.69) is 0 Å². The molecule has 0 radical (unpaired) electrons. The van der Waals surface area contributed by atoms with Crippen LogP contribution in [0.4, 0.5) is 0 Å². The van der Waals surface area contributed by atoms with Crippen molar-refractivity contribution in [1.82, 2.24) is 29.4 Å². The maximum atomic E-state index is 11.6. The fourth-order valence-electron chi connectivity index (χ4n) is 15.3. The van der Waals surface area contributed by atoms with Crippen LogP contribution >= 0.6 is 0 Å². The summed E-state index contributed by atoms with van der Waals surface area (Å²) in [6.07, 6.45) is -84.4. The second kappa shape index (κ2) is 48.2. The van der Waals surface area contributed by atoms with Gasteiger partial charge < -0.3 is 87.5 Å². The number of aliphatic hydroxyl groups is 6. The second-order valence-corrected chi connectivity index (χ2v) is 33.8. The first-order valence-corrected chi connectivity index (χ1v) is 43.0. The summed E-state index contributed by atoms with van der Waals surface area (Å²) in [7, 11) is 1.02. The van der Waals surface area contributed by atoms with Crippen LogP contribution in [0.25, 0.3) is 0 Å². The van der Waals surface area contributed by atoms with E-state index in [1.165, 1.54) is 34.5 Å². The number of benzene rings is 6. The second-order valence-electron chi connectivity index (χ2n) is 33.8. The summed E-state index contributed by atoms with van der Waals surface area (Å²) < 4.78 is 913. The molecule has 18 unspecified atom stereocenters. The number of methoxy groups -OCH3 is 12. The van der Waals surface area contributed by atoms with Crippen LogP contribution in [0.15, 0.2) is 72.8 Å². The van der Waals surface area contributed by atoms with Crippen molar-refractivity contribution in [2.75, 3.05) is 163 Å². The smallest absolute Gasteiger partial charge is 0.161 e. The van der Waals surface area contributed by atoms with Gasteiger partial charge in [0.15, 0.2) is 69.0 Å². The molecule has 6 fully saturated rings. The van der Waals surface area contributed by atoms with E-state index in [0.29, 0.717) is 30.9 Å². The SMILES string of the molecule is [2H]C([2H])([2H])C(C)(C([2H])([2H])[2H])C([2H])([2H])C1([2H])C([2H])([2H])N2C(c3cc(OC)c(OC)cc3C([2H])([2H])C2([2H])[2H])C([2H])([2H])C1([2H])O.[2H]C([2H])([2H])C(C)(C([2H])([2H])[2H])C([2H])([2H])C1([2H])C([2H])([2H])N2C(c3cc(OC)c(OC)cc3C([2H])([2H])C2([2H])[2H])C([2H])([2H])C1([2H])O.[2H]C([2H])([2H])Oc1cc2c(cc1OC)C([2H])([2H])C([2H])([2H])N1C2C([2H])([2H])C([2H])(O)C([2H])(C([2H])([2H])C(C)(C([2H])([2H])[2H])C([2H])([2H])[2H])C1([2H])[2H].[2H]C([2H])([2H])Oc1cc2c(cc1OC)C([2H])([2H])C([2H])([2H])N1C2C([2H])([2H])C([2H])(O)C([2H])(C([2H])([2H])C(C)(C([2H])([2H])[2H])C([2H])([2H])[2H])C1([2H])[2H].[2H]C([2H])([2H])Oc1cc2c(cc1OC)C([2H])([2H])C([2H])([2H])N1C2C([2H])([2H])C([2H])(O)C([2H])(CC(C)C)C1([2H])[2H].[2H]C1([2H])c2cc(OC)c(OC)cc2C2N(C1([2H])[2H])C([2H])([2H])C([2H])(CC(C)C)C([2H])(O)C2([2H])[2H]. The molecule has 18 atom stereocenters. The Kier molecular flexibility index (Phi) is 13.3. The quantitative estimate of drug-likeness (QED) is 0.0415. The van der Waals surface area contributed by atoms with Crippen LogP contribution in [0.2, 0.25) is 0 Å². The van der Waals surface area contributed by atoms with Gasteiger partial charge in [0.05, 0.1) is 142 Å². The molecule has 6 aromatic carbocycles. The van der Waals surface area contributed by atoms with Gasteiger partial charge in [0, 0.05) is 232 Å². The molecule has 0 amide bonds. The van der Waals surface area contributed by atoms with Crippen LogP contribution in [0.1, 0.15) is 428 Å². The monoisotopic (exact) mass is 2070 g/mol. The molecule has 6 aromatic rings. The van der Waals surface area contributed by atoms with Crippen molar-refractivity contribution >= 4 is 0 Å². The maximum Gasteiger partial charge on any atom is 0.161 e. The summed E-state index contributed by atoms with van der Waals surface area (Å²) in [5.41, 5.74) is -22.1. The number of hydrogen-bond acceptors (Lipinski definition) is 24. The Morgan fingerprint density at radius 3 is 0.585 bits per heavy atom. The van der Waals surface area contributed by atoms with Gasteiger partial charge in [-0.05, 0) is 323 Å². The Morgan fingerprint density at radius 1 is 0.275 bits per heavy atom. The molecule has 24 nitrogen and oxygen atoms in total. The molecule has 12 aliphatic heterocycles. The third kappa shape index (κ3) is 27.1. The predicted octanol–water partition coefficient (Wildman–Crippen LogP) is 19.7. The molecule has 0 aliphatic carbocycles. The fourth-order valence-corrected chi connectivity index (χ4v) is 15.3. The van der Waals surface area contributed by atoms with Crippen LogP contribution < -0.4 is 56.8 Å². The molecule has 6 saturated heterocycles. The molecule has 12 heterocycles. The fraction of sp³-hybridized carbons (Fsp3) is 0.695. The topological polar surface area (TPSA) is 252 Å². The summed E-state index contributed by atoms with van der Waals surface area (Å²) in [6.45, 7) is -68.6. The zero-order chi connectivity index (χ0) is 192. The van der Waals surface area contributed by atoms with Crippen LogP contribution in [0, 0.1) is 68.9 Å². The van der Waals surface area contributed by atoms with Crippen molar-refractivity contribution in [3.05, 3.63) is 140 Å². The summed E-state index contributed by atoms with van der Waals surface area (Å²) in [5, 5.41) is 68.6. The van der Waals surface area contributed by atoms with Gasteiger partial charge in [-0.2, -0.15) is 0 Å². The minimum Gasteiger partial charge on any atom is -0.493 e. The van der Waals surface area contributed by atoms with E-state index in [4.69, 9.17) is 195 Å². The van der Waals surface area contributed by atoms with E-state index in [1.54, 1.807) is 27.7 Å². The van der Waals surface area contributed by atoms with Gasteiger partial charge in [-0.3, -0.25) is 29.4 Å². The third-order valence-corrected chi connectivity index (χ3v) is 21.5. The zero-order valence-corrected chi connectivity index (χ0v) is 79.7. The van der Waals surface area contributed by atoms with Crippen LogP contribution in [0.5, 0.6) is 69.0 Å². The van der Waals surface area contributed by atoms with E-state index in [1.807, 2.05) is 0 Å². The van der Waals surface area contributed by atoms with Crippen molar-refractivity contribution in [2.45, 2.75) is 298 Å². The number of hydrogen-bond donors (Lipinski definition) is 6. The Balaban J connectivity index is 0.000000230. The lowest BCUT2D eigenvalue weighted by Crippen LogP contribution is -2.48. The summed E-state index contributed by atoms with van der Waals surface area (Å²) in [4.78, 5) is -0.440. The Hall–Kier alpha value is -7.56. The molecular formula is C118H182N6O18. The van der Waals surface area contributed by atoms with E-state index in [-0.39, 0.29) is 89.7 Å². The minimum atomic E-state index is -4.57. The van der Waals surface area contributed by atoms with Crippen LogP contribution in [-0.4, -0.2) is 260 Å². The molecule has 18 rings (SSSR count). The Bertz CT molecular complexity index is 9600. The lowest BCUT2D eigenvalue weighted by molar-refractivity contribution is -0.0259. The molecule has 6 N–H and O–H groups in total. The average molecular weight is 2070 g/mol. The van der Waals surface area contributed by atoms with E-state index >= 15 is 0 Å². The van der Waals surface area contributed by atoms with Gasteiger partial charge in [-0.25, -0.2) is 0 Å². The first-order valence-electron chi connectivity index (χ1n) is 93.5. The van der Waals surface area contributed by atoms with Gasteiger partial charge in [0.25, 0.3) is 0 Å². The van der Waals surface area contributed by atoms with Crippen molar-refractivity contribution in [1.29, 1.82) is 0 Å². The van der Waals surface area contributed by atoms with Crippen molar-refractivity contribution < 1.29 is 226 Å². The molecule has 0 spiro atoms. The maximum absolute atomic E-state index is 11.6. The standard InChI is InChI=1S/4C20H31NO3.2C19H29NO3/c4*1-20(2,3)11-14-12-21-7-6-13-8-18(23-4)19(24-5)9-15(13)16(21)10-17(14)22;2*1-12(2)7-14-11-20-6-5-13-8-18(22-3)19(23-4)9-15(13)16(20)10-17(14)21/h4*8-9,14,16-17,22H,6-7,10-12H2,1-5H3;2*8-9,12,14,16-17,21H,5-7,10-11H2,1-4H3/i2*1D3,2D3,5D3,6D2,7D2,10D2,11D2,12D2,14D,17D;2*1D3,2D3,6D2,7D2,10D2,11D2,12D2,14D,17D;4D3,5D2,6D2,10D2,11D2,14D,17D;5D2,6D2,10D2,11D2,14D,17D. The highest BCUT2D eigenvalue weighted by Crippen LogP contribution is 2.53. The number of rotatable bonds is 20. The summed E-state index contributed by atoms with van der Waals surface area (Å²) >= 11 is 0. The van der Waals surface area contributed by atoms with E-state index in [9.17, 15) is 30.6 Å². The molecule has 0 bridgehead atoms. The minimum absolute atomic E-state index is 0.0551. The van der Waals surface area contributed by atoms with Crippen molar-refractivity contribution in [2.24, 2.45) is 68.9 Å². The summed E-state index contributed by atoms with van der Waals surface area (Å²) in [5.74, 6) is -28.6. The van der Waals surface area contributed by atoms with Crippen LogP contribution in [0.3, 0.4) is 0 Å². The van der Waals surface area contributed by atoms with E-state index < -0.39 is 495 Å². The van der Waals surface area contributed by atoms with Gasteiger partial charge in [0.2, 0.25) is 0 Å². The van der Waals surface area contributed by atoms with Gasteiger partial charge >= 0.3 is 0 Å². The van der Waals surface area contributed by atoms with E-state index in [0.717, 1.165) is 90.1 Å². The first-order chi connectivity index (χ1) is 106. The normalized spacial score (nSPS) is 54.0. The van der Waals surface area contributed by atoms with Gasteiger partial charge in [-0.15, -0.1) is 0 Å². The van der Waals surface area contributed by atoms with Gasteiger partial charge in [0.1, 0.15) is 0 Å². The molecule has 24 heteroatoms. The Labute approximate surface area is 994 Å². The molecule has 142 heavy (non-hydrogen) atoms. The summed E-state index contributed by atoms with van der Waals surface area (Å²) in [6, 6.07) is -3.56. The van der Waals surface area contributed by atoms with Gasteiger partial charge in [-0.1, -0.05) is 110 Å². The highest BCUT2D eigenvalue weighted by atomic mass is 16.5. The molecular weight excluding hydrogens is 1790 g/mol. The largest absolute Gasteiger partial charge is 0.493 e. The zero-order valence-electron chi connectivity index (χ0n) is 181. The number of piperidine rings is 6. The highest BCUT2D eigenvalue weighted by Gasteiger charge is 2.48. The number of ether oxygens (including phenoxy) is 12. The number of fused-ring (bicyclic) bond motifs is 18. The van der Waals surface area contributed by atoms with Crippen molar-refractivity contribution in [3.8, 4) is 69.0 Å². The van der Waals surface area contributed by atoms with Crippen LogP contribution in [-0.2, 0) is 38.2 Å². The highest BCUT2D eigenvalue weighted by molar-refractivity contribution is 5.55. The average Bonchev–Trinajstić information content (AvgIpc) is 0.638. The Morgan fingerprint density at radius 2 is 0.430 bits per heavy atom. The third-order valence-electron chi connectivity index (χ3n) is 21.5. The predicted molar refractivity (Wildman–Crippen MR) is 565 cm³/mol. The molecule has 0 aromatic heterocycles. The first kappa shape index (κ1) is 39.1. The lowest BCUT2D eigenvalue weighted by Gasteiger charge is -2.47. The molecule has 12 aliphatic rings. The number of aryl methyl sites for hydroxylation is 6.